The molecular weight excluding hydrogens is 296 g/mol. The van der Waals surface area contributed by atoms with Crippen LogP contribution in [0.4, 0.5) is 0 Å². The fraction of sp³-hybridized carbons (Fsp3) is 0.476. The molecule has 3 rings (SSSR count). The van der Waals surface area contributed by atoms with E-state index in [9.17, 15) is 5.11 Å². The highest BCUT2D eigenvalue weighted by Gasteiger charge is 2.33. The van der Waals surface area contributed by atoms with E-state index in [2.05, 4.69) is 41.9 Å². The van der Waals surface area contributed by atoms with Gasteiger partial charge in [0, 0.05) is 18.4 Å². The molecule has 0 saturated carbocycles. The molecule has 1 fully saturated rings. The molecule has 0 spiro atoms. The number of aryl methyl sites for hydroxylation is 1. The van der Waals surface area contributed by atoms with E-state index in [1.165, 1.54) is 17.5 Å². The maximum absolute atomic E-state index is 9.88. The zero-order chi connectivity index (χ0) is 16.9. The fourth-order valence-corrected chi connectivity index (χ4v) is 3.92. The second-order valence-corrected chi connectivity index (χ2v) is 7.16. The lowest BCUT2D eigenvalue weighted by Crippen LogP contribution is -2.42. The molecule has 1 unspecified atom stereocenters. The molecule has 1 saturated heterocycles. The molecule has 3 heteroatoms. The Kier molecular flexibility index (Phi) is 5.52. The van der Waals surface area contributed by atoms with Crippen molar-refractivity contribution >= 4 is 0 Å². The van der Waals surface area contributed by atoms with Crippen molar-refractivity contribution in [2.24, 2.45) is 11.8 Å². The topological polar surface area (TPSA) is 36.4 Å². The van der Waals surface area contributed by atoms with Crippen LogP contribution in [-0.2, 0) is 6.42 Å². The molecule has 128 valence electrons. The van der Waals surface area contributed by atoms with E-state index in [-0.39, 0.29) is 0 Å². The number of nitrogens with zero attached hydrogens (tertiary/aromatic N) is 2. The predicted molar refractivity (Wildman–Crippen MR) is 97.9 cm³/mol. The highest BCUT2D eigenvalue weighted by molar-refractivity contribution is 5.30. The zero-order valence-electron chi connectivity index (χ0n) is 14.7. The van der Waals surface area contributed by atoms with Crippen LogP contribution in [0.15, 0.2) is 48.8 Å². The number of benzene rings is 1. The summed E-state index contributed by atoms with van der Waals surface area (Å²) in [5.74, 6) is 1.69. The van der Waals surface area contributed by atoms with E-state index < -0.39 is 0 Å². The summed E-state index contributed by atoms with van der Waals surface area (Å²) in [4.78, 5) is 6.70. The van der Waals surface area contributed by atoms with Gasteiger partial charge in [0.15, 0.2) is 0 Å². The Bertz CT molecular complexity index is 643. The Morgan fingerprint density at radius 3 is 2.71 bits per heavy atom. The van der Waals surface area contributed by atoms with Crippen LogP contribution in [-0.4, -0.2) is 28.1 Å². The molecule has 2 aromatic rings. The van der Waals surface area contributed by atoms with Crippen molar-refractivity contribution in [2.45, 2.75) is 39.2 Å². The summed E-state index contributed by atoms with van der Waals surface area (Å²) in [7, 11) is 0. The largest absolute Gasteiger partial charge is 0.508 e. The molecule has 0 amide bonds. The SMILES string of the molecule is C[C@H]1CCN(CCCc2ccncc2)C(c2cccc(O)c2)[C@@H]1C. The number of aromatic hydroxyl groups is 1. The lowest BCUT2D eigenvalue weighted by molar-refractivity contribution is 0.0623. The van der Waals surface area contributed by atoms with Crippen LogP contribution >= 0.6 is 0 Å². The molecule has 3 atom stereocenters. The van der Waals surface area contributed by atoms with E-state index in [1.807, 2.05) is 24.5 Å². The third-order valence-corrected chi connectivity index (χ3v) is 5.53. The molecule has 24 heavy (non-hydrogen) atoms. The van der Waals surface area contributed by atoms with Crippen LogP contribution in [0.2, 0.25) is 0 Å². The first-order valence-corrected chi connectivity index (χ1v) is 9.07. The van der Waals surface area contributed by atoms with Crippen molar-refractivity contribution in [3.8, 4) is 5.75 Å². The minimum atomic E-state index is 0.370. The highest BCUT2D eigenvalue weighted by Crippen LogP contribution is 2.39. The predicted octanol–water partition coefficient (Wildman–Crippen LogP) is 4.44. The van der Waals surface area contributed by atoms with Crippen molar-refractivity contribution in [3.05, 3.63) is 59.9 Å². The van der Waals surface area contributed by atoms with Crippen LogP contribution in [0.5, 0.6) is 5.75 Å². The normalized spacial score (nSPS) is 24.8. The number of hydrogen-bond donors (Lipinski definition) is 1. The van der Waals surface area contributed by atoms with Gasteiger partial charge in [0.1, 0.15) is 5.75 Å². The van der Waals surface area contributed by atoms with Gasteiger partial charge in [0.2, 0.25) is 0 Å². The Morgan fingerprint density at radius 2 is 1.96 bits per heavy atom. The fourth-order valence-electron chi connectivity index (χ4n) is 3.92. The van der Waals surface area contributed by atoms with Crippen molar-refractivity contribution in [2.75, 3.05) is 13.1 Å². The van der Waals surface area contributed by atoms with Gasteiger partial charge >= 0.3 is 0 Å². The number of hydrogen-bond acceptors (Lipinski definition) is 3. The number of likely N-dealkylation sites (tertiary alicyclic amines) is 1. The maximum atomic E-state index is 9.88. The summed E-state index contributed by atoms with van der Waals surface area (Å²) in [6.45, 7) is 6.95. The number of pyridine rings is 1. The van der Waals surface area contributed by atoms with Gasteiger partial charge in [-0.1, -0.05) is 26.0 Å². The summed E-state index contributed by atoms with van der Waals surface area (Å²) in [5.41, 5.74) is 2.61. The monoisotopic (exact) mass is 324 g/mol. The van der Waals surface area contributed by atoms with Gasteiger partial charge in [0.05, 0.1) is 0 Å². The first-order chi connectivity index (χ1) is 11.6. The molecule has 1 aliphatic rings. The molecule has 0 aliphatic carbocycles. The number of rotatable bonds is 5. The maximum Gasteiger partial charge on any atom is 0.115 e. The molecule has 1 aromatic heterocycles. The Morgan fingerprint density at radius 1 is 1.17 bits per heavy atom. The van der Waals surface area contributed by atoms with Crippen molar-refractivity contribution in [1.82, 2.24) is 9.88 Å². The second-order valence-electron chi connectivity index (χ2n) is 7.16. The molecule has 1 N–H and O–H groups in total. The molecule has 0 radical (unpaired) electrons. The van der Waals surface area contributed by atoms with Gasteiger partial charge in [-0.3, -0.25) is 9.88 Å². The van der Waals surface area contributed by atoms with Gasteiger partial charge < -0.3 is 5.11 Å². The third kappa shape index (κ3) is 3.96. The Hall–Kier alpha value is -1.87. The van der Waals surface area contributed by atoms with E-state index in [0.717, 1.165) is 25.9 Å². The van der Waals surface area contributed by atoms with Gasteiger partial charge in [0.25, 0.3) is 0 Å². The number of aromatic nitrogens is 1. The van der Waals surface area contributed by atoms with Gasteiger partial charge in [-0.05, 0) is 79.6 Å². The van der Waals surface area contributed by atoms with E-state index in [0.29, 0.717) is 23.6 Å². The Balaban J connectivity index is 1.69. The lowest BCUT2D eigenvalue weighted by atomic mass is 9.79. The molecular formula is C21H28N2O. The molecule has 3 nitrogen and oxygen atoms in total. The van der Waals surface area contributed by atoms with E-state index in [4.69, 9.17) is 0 Å². The molecule has 2 heterocycles. The van der Waals surface area contributed by atoms with Crippen LogP contribution in [0, 0.1) is 11.8 Å². The van der Waals surface area contributed by atoms with Crippen LogP contribution in [0.1, 0.15) is 43.9 Å². The molecule has 1 aliphatic heterocycles. The lowest BCUT2D eigenvalue weighted by Gasteiger charge is -2.44. The first-order valence-electron chi connectivity index (χ1n) is 9.07. The molecule has 0 bridgehead atoms. The van der Waals surface area contributed by atoms with Crippen molar-refractivity contribution in [1.29, 1.82) is 0 Å². The smallest absolute Gasteiger partial charge is 0.115 e. The molecule has 1 aromatic carbocycles. The first kappa shape index (κ1) is 17.0. The van der Waals surface area contributed by atoms with E-state index in [1.54, 1.807) is 6.07 Å². The standard InChI is InChI=1S/C21H28N2O/c1-16-10-14-23(13-4-5-18-8-11-22-12-9-18)21(17(16)2)19-6-3-7-20(24)15-19/h3,6-9,11-12,15-17,21,24H,4-5,10,13-14H2,1-2H3/t16-,17+,21?/m0/s1. The second kappa shape index (κ2) is 7.80. The summed E-state index contributed by atoms with van der Waals surface area (Å²) in [5, 5.41) is 9.88. The summed E-state index contributed by atoms with van der Waals surface area (Å²) in [6.07, 6.45) is 7.24. The van der Waals surface area contributed by atoms with Crippen molar-refractivity contribution in [3.63, 3.8) is 0 Å². The van der Waals surface area contributed by atoms with Gasteiger partial charge in [-0.15, -0.1) is 0 Å². The average molecular weight is 324 g/mol. The third-order valence-electron chi connectivity index (χ3n) is 5.53. The van der Waals surface area contributed by atoms with Crippen LogP contribution < -0.4 is 0 Å². The Labute approximate surface area is 145 Å². The number of phenols is 1. The van der Waals surface area contributed by atoms with Gasteiger partial charge in [-0.25, -0.2) is 0 Å². The minimum Gasteiger partial charge on any atom is -0.508 e. The summed E-state index contributed by atoms with van der Waals surface area (Å²) in [6, 6.07) is 12.4. The number of piperidine rings is 1. The summed E-state index contributed by atoms with van der Waals surface area (Å²) >= 11 is 0. The van der Waals surface area contributed by atoms with Crippen molar-refractivity contribution < 1.29 is 5.11 Å². The van der Waals surface area contributed by atoms with Gasteiger partial charge in [-0.2, -0.15) is 0 Å². The van der Waals surface area contributed by atoms with Crippen LogP contribution in [0.3, 0.4) is 0 Å². The number of phenolic OH excluding ortho intramolecular Hbond substituents is 1. The highest BCUT2D eigenvalue weighted by atomic mass is 16.3. The zero-order valence-corrected chi connectivity index (χ0v) is 14.7. The van der Waals surface area contributed by atoms with Crippen LogP contribution in [0.25, 0.3) is 0 Å². The van der Waals surface area contributed by atoms with E-state index >= 15 is 0 Å². The minimum absolute atomic E-state index is 0.370. The summed E-state index contributed by atoms with van der Waals surface area (Å²) < 4.78 is 0. The quantitative estimate of drug-likeness (QED) is 0.883. The average Bonchev–Trinajstić information content (AvgIpc) is 2.59.